The van der Waals surface area contributed by atoms with E-state index in [4.69, 9.17) is 27.9 Å². The lowest BCUT2D eigenvalue weighted by atomic mass is 10.1. The van der Waals surface area contributed by atoms with Gasteiger partial charge in [-0.2, -0.15) is 0 Å². The predicted molar refractivity (Wildman–Crippen MR) is 129 cm³/mol. The van der Waals surface area contributed by atoms with Crippen molar-refractivity contribution in [1.82, 2.24) is 10.2 Å². The number of ether oxygens (including phenoxy) is 1. The van der Waals surface area contributed by atoms with E-state index in [-0.39, 0.29) is 25.0 Å². The van der Waals surface area contributed by atoms with Gasteiger partial charge in [-0.25, -0.2) is 0 Å². The summed E-state index contributed by atoms with van der Waals surface area (Å²) in [6.07, 6.45) is 1.36. The average molecular weight is 530 g/mol. The van der Waals surface area contributed by atoms with Gasteiger partial charge in [0.15, 0.2) is 6.61 Å². The summed E-state index contributed by atoms with van der Waals surface area (Å²) in [5.74, 6) is 0.0496. The van der Waals surface area contributed by atoms with Crippen molar-refractivity contribution in [2.75, 3.05) is 13.2 Å². The summed E-state index contributed by atoms with van der Waals surface area (Å²) in [6, 6.07) is 10.2. The molecule has 0 heterocycles. The van der Waals surface area contributed by atoms with Gasteiger partial charge in [-0.1, -0.05) is 49.2 Å². The lowest BCUT2D eigenvalue weighted by molar-refractivity contribution is -0.142. The Balaban J connectivity index is 2.25. The lowest BCUT2D eigenvalue weighted by Gasteiger charge is -2.30. The largest absolute Gasteiger partial charge is 0.483 e. The molecule has 2 aromatic rings. The second-order valence-corrected chi connectivity index (χ2v) is 8.68. The molecule has 1 N–H and O–H groups in total. The molecule has 1 unspecified atom stereocenters. The summed E-state index contributed by atoms with van der Waals surface area (Å²) in [7, 11) is 0. The Hall–Kier alpha value is -1.76. The predicted octanol–water partition coefficient (Wildman–Crippen LogP) is 5.64. The number of aryl methyl sites for hydroxylation is 1. The van der Waals surface area contributed by atoms with Crippen LogP contribution >= 0.6 is 39.1 Å². The summed E-state index contributed by atoms with van der Waals surface area (Å²) >= 11 is 15.8. The van der Waals surface area contributed by atoms with Crippen LogP contribution in [0, 0.1) is 0 Å². The van der Waals surface area contributed by atoms with Crippen LogP contribution in [-0.4, -0.2) is 35.9 Å². The molecule has 1 atom stereocenters. The molecule has 0 aliphatic heterocycles. The van der Waals surface area contributed by atoms with E-state index in [0.717, 1.165) is 16.5 Å². The van der Waals surface area contributed by atoms with Crippen molar-refractivity contribution in [1.29, 1.82) is 0 Å². The maximum atomic E-state index is 13.2. The van der Waals surface area contributed by atoms with E-state index in [9.17, 15) is 9.59 Å². The first-order chi connectivity index (χ1) is 14.8. The maximum Gasteiger partial charge on any atom is 0.261 e. The summed E-state index contributed by atoms with van der Waals surface area (Å²) in [5.41, 5.74) is 1.86. The maximum absolute atomic E-state index is 13.2. The van der Waals surface area contributed by atoms with Crippen LogP contribution in [0.2, 0.25) is 10.0 Å². The van der Waals surface area contributed by atoms with Gasteiger partial charge in [0.2, 0.25) is 5.91 Å². The van der Waals surface area contributed by atoms with Gasteiger partial charge < -0.3 is 15.0 Å². The third-order valence-corrected chi connectivity index (χ3v) is 6.06. The van der Waals surface area contributed by atoms with Gasteiger partial charge in [0.25, 0.3) is 5.91 Å². The number of benzene rings is 2. The molecule has 5 nitrogen and oxygen atoms in total. The molecule has 0 bridgehead atoms. The van der Waals surface area contributed by atoms with E-state index in [1.54, 1.807) is 18.2 Å². The van der Waals surface area contributed by atoms with Gasteiger partial charge in [-0.15, -0.1) is 0 Å². The lowest BCUT2D eigenvalue weighted by Crippen LogP contribution is -2.50. The van der Waals surface area contributed by atoms with E-state index in [0.29, 0.717) is 34.3 Å². The van der Waals surface area contributed by atoms with Crippen molar-refractivity contribution in [3.63, 3.8) is 0 Å². The van der Waals surface area contributed by atoms with Crippen LogP contribution in [0.5, 0.6) is 5.75 Å². The molecule has 31 heavy (non-hydrogen) atoms. The Bertz CT molecular complexity index is 924. The highest BCUT2D eigenvalue weighted by molar-refractivity contribution is 9.10. The van der Waals surface area contributed by atoms with Crippen LogP contribution in [-0.2, 0) is 22.6 Å². The Labute approximate surface area is 202 Å². The molecule has 0 radical (unpaired) electrons. The molecular formula is C23H27BrCl2N2O3. The zero-order chi connectivity index (χ0) is 23.0. The van der Waals surface area contributed by atoms with Gasteiger partial charge in [0, 0.05) is 23.1 Å². The van der Waals surface area contributed by atoms with E-state index in [2.05, 4.69) is 28.2 Å². The third-order valence-electron chi connectivity index (χ3n) is 4.85. The highest BCUT2D eigenvalue weighted by Gasteiger charge is 2.29. The van der Waals surface area contributed by atoms with Crippen LogP contribution in [0.15, 0.2) is 40.9 Å². The minimum atomic E-state index is -0.645. The summed E-state index contributed by atoms with van der Waals surface area (Å²) in [5, 5.41) is 3.75. The molecule has 2 amide bonds. The molecule has 0 aliphatic rings. The third kappa shape index (κ3) is 7.13. The molecule has 0 aliphatic carbocycles. The van der Waals surface area contributed by atoms with Gasteiger partial charge in [-0.05, 0) is 71.1 Å². The van der Waals surface area contributed by atoms with Crippen LogP contribution in [0.3, 0.4) is 0 Å². The number of hydrogen-bond donors (Lipinski definition) is 1. The molecule has 0 fully saturated rings. The van der Waals surface area contributed by atoms with Crippen LogP contribution in [0.4, 0.5) is 0 Å². The van der Waals surface area contributed by atoms with Crippen LogP contribution in [0.1, 0.15) is 38.3 Å². The summed E-state index contributed by atoms with van der Waals surface area (Å²) < 4.78 is 6.56. The second kappa shape index (κ2) is 12.3. The highest BCUT2D eigenvalue weighted by atomic mass is 79.9. The number of likely N-dealkylation sites (N-methyl/N-ethyl adjacent to an activating group) is 1. The smallest absolute Gasteiger partial charge is 0.261 e. The average Bonchev–Trinajstić information content (AvgIpc) is 2.74. The first-order valence-corrected chi connectivity index (χ1v) is 11.8. The van der Waals surface area contributed by atoms with Crippen molar-refractivity contribution >= 4 is 50.9 Å². The second-order valence-electron chi connectivity index (χ2n) is 6.98. The van der Waals surface area contributed by atoms with Crippen LogP contribution in [0.25, 0.3) is 0 Å². The van der Waals surface area contributed by atoms with Crippen molar-refractivity contribution < 1.29 is 14.3 Å². The zero-order valence-electron chi connectivity index (χ0n) is 17.9. The highest BCUT2D eigenvalue weighted by Crippen LogP contribution is 2.27. The number of halogens is 3. The van der Waals surface area contributed by atoms with E-state index < -0.39 is 6.04 Å². The molecule has 8 heteroatoms. The SMILES string of the molecule is CCNC(=O)C(CC)N(Cc1ccc(Cl)cc1Cl)C(=O)COc1ccc(CC)cc1Br. The number of amides is 2. The number of carbonyl (C=O) groups excluding carboxylic acids is 2. The number of hydrogen-bond acceptors (Lipinski definition) is 3. The minimum Gasteiger partial charge on any atom is -0.483 e. The molecule has 168 valence electrons. The number of carbonyl (C=O) groups is 2. The monoisotopic (exact) mass is 528 g/mol. The first kappa shape index (κ1) is 25.5. The van der Waals surface area contributed by atoms with Crippen LogP contribution < -0.4 is 10.1 Å². The zero-order valence-corrected chi connectivity index (χ0v) is 21.0. The molecule has 0 saturated heterocycles. The van der Waals surface area contributed by atoms with Gasteiger partial charge >= 0.3 is 0 Å². The van der Waals surface area contributed by atoms with Crippen molar-refractivity contribution in [3.05, 3.63) is 62.0 Å². The fourth-order valence-corrected chi connectivity index (χ4v) is 4.16. The first-order valence-electron chi connectivity index (χ1n) is 10.2. The molecule has 0 saturated carbocycles. The summed E-state index contributed by atoms with van der Waals surface area (Å²) in [4.78, 5) is 27.3. The minimum absolute atomic E-state index is 0.170. The molecule has 0 spiro atoms. The van der Waals surface area contributed by atoms with Gasteiger partial charge in [0.1, 0.15) is 11.8 Å². The van der Waals surface area contributed by atoms with E-state index in [1.165, 1.54) is 4.90 Å². The Morgan fingerprint density at radius 3 is 2.45 bits per heavy atom. The quantitative estimate of drug-likeness (QED) is 0.433. The standard InChI is InChI=1S/C23H27BrCl2N2O3/c1-4-15-7-10-21(18(24)11-15)31-14-22(29)28(20(5-2)23(30)27-6-3)13-16-8-9-17(25)12-19(16)26/h7-12,20H,4-6,13-14H2,1-3H3,(H,27,30). The van der Waals surface area contributed by atoms with Gasteiger partial charge in [0.05, 0.1) is 4.47 Å². The fourth-order valence-electron chi connectivity index (χ4n) is 3.15. The molecule has 2 rings (SSSR count). The molecule has 2 aromatic carbocycles. The molecule has 0 aromatic heterocycles. The topological polar surface area (TPSA) is 58.6 Å². The number of nitrogens with one attached hydrogen (secondary N) is 1. The van der Waals surface area contributed by atoms with Gasteiger partial charge in [-0.3, -0.25) is 9.59 Å². The van der Waals surface area contributed by atoms with Crippen molar-refractivity contribution in [2.45, 2.75) is 46.2 Å². The Morgan fingerprint density at radius 1 is 1.13 bits per heavy atom. The fraction of sp³-hybridized carbons (Fsp3) is 0.391. The summed E-state index contributed by atoms with van der Waals surface area (Å²) in [6.45, 7) is 6.22. The number of nitrogens with zero attached hydrogens (tertiary/aromatic N) is 1. The Morgan fingerprint density at radius 2 is 1.87 bits per heavy atom. The number of rotatable bonds is 10. The normalized spacial score (nSPS) is 11.7. The van der Waals surface area contributed by atoms with E-state index in [1.807, 2.05) is 32.0 Å². The van der Waals surface area contributed by atoms with E-state index >= 15 is 0 Å². The Kier molecular flexibility index (Phi) is 10.1. The van der Waals surface area contributed by atoms with Crippen molar-refractivity contribution in [3.8, 4) is 5.75 Å². The molecular weight excluding hydrogens is 503 g/mol. The van der Waals surface area contributed by atoms with Crippen molar-refractivity contribution in [2.24, 2.45) is 0 Å².